The van der Waals surface area contributed by atoms with Gasteiger partial charge in [0.2, 0.25) is 8.53 Å². The van der Waals surface area contributed by atoms with Gasteiger partial charge in [-0.1, -0.05) is 27.7 Å². The highest BCUT2D eigenvalue weighted by molar-refractivity contribution is 7.43. The molecule has 0 aliphatic heterocycles. The molecular weight excluding hydrogens is 309 g/mol. The Bertz CT molecular complexity index is 274. The summed E-state index contributed by atoms with van der Waals surface area (Å²) < 4.78 is 5.11. The second-order valence-corrected chi connectivity index (χ2v) is 5.91. The van der Waals surface area contributed by atoms with Crippen LogP contribution in [0.15, 0.2) is 0 Å². The maximum atomic E-state index is 9.88. The normalized spacial score (nSPS) is 15.5. The van der Waals surface area contributed by atoms with Crippen LogP contribution in [-0.2, 0) is 9.36 Å². The van der Waals surface area contributed by atoms with Crippen molar-refractivity contribution in [3.63, 3.8) is 0 Å². The number of hydrogen-bond acceptors (Lipinski definition) is 8. The van der Waals surface area contributed by atoms with Crippen LogP contribution in [0.4, 0.5) is 0 Å². The van der Waals surface area contributed by atoms with E-state index in [9.17, 15) is 15.1 Å². The standard InChI is InChI=1S/C13H32N3O5P/c1-5-15(6-2)12(21-16(7-3)8-4)13(9-17,10-18)11-20-22(14)19/h12,17-19H,5-11,14H2,1-4H3. The molecule has 0 rings (SSSR count). The number of rotatable bonds is 13. The lowest BCUT2D eigenvalue weighted by atomic mass is 9.88. The molecule has 0 radical (unpaired) electrons. The minimum Gasteiger partial charge on any atom is -0.395 e. The van der Waals surface area contributed by atoms with Crippen molar-refractivity contribution >= 4 is 8.53 Å². The minimum atomic E-state index is -2.07. The summed E-state index contributed by atoms with van der Waals surface area (Å²) in [5, 5.41) is 21.5. The van der Waals surface area contributed by atoms with Gasteiger partial charge in [0, 0.05) is 13.1 Å². The van der Waals surface area contributed by atoms with E-state index >= 15 is 0 Å². The Kier molecular flexibility index (Phi) is 11.7. The number of hydroxylamine groups is 2. The van der Waals surface area contributed by atoms with Gasteiger partial charge in [-0.15, -0.1) is 0 Å². The van der Waals surface area contributed by atoms with Crippen LogP contribution in [0.1, 0.15) is 27.7 Å². The second-order valence-electron chi connectivity index (χ2n) is 5.05. The zero-order valence-electron chi connectivity index (χ0n) is 14.1. The van der Waals surface area contributed by atoms with E-state index in [-0.39, 0.29) is 19.8 Å². The van der Waals surface area contributed by atoms with E-state index in [4.69, 9.17) is 14.9 Å². The Morgan fingerprint density at radius 3 is 1.86 bits per heavy atom. The highest BCUT2D eigenvalue weighted by Crippen LogP contribution is 2.32. The lowest BCUT2D eigenvalue weighted by molar-refractivity contribution is -0.286. The van der Waals surface area contributed by atoms with Gasteiger partial charge in [0.15, 0.2) is 0 Å². The Morgan fingerprint density at radius 1 is 1.05 bits per heavy atom. The van der Waals surface area contributed by atoms with E-state index in [0.29, 0.717) is 26.2 Å². The SMILES string of the molecule is CCN(CC)OC(N(CC)CC)C(CO)(CO)COP(N)O. The van der Waals surface area contributed by atoms with Crippen molar-refractivity contribution in [1.29, 1.82) is 0 Å². The lowest BCUT2D eigenvalue weighted by Gasteiger charge is -2.44. The quantitative estimate of drug-likeness (QED) is 0.212. The number of nitrogens with zero attached hydrogens (tertiary/aromatic N) is 2. The van der Waals surface area contributed by atoms with Crippen LogP contribution in [0.5, 0.6) is 0 Å². The third-order valence-electron chi connectivity index (χ3n) is 3.74. The molecule has 134 valence electrons. The topological polar surface area (TPSA) is 112 Å². The summed E-state index contributed by atoms with van der Waals surface area (Å²) in [5.74, 6) is 0. The fraction of sp³-hybridized carbons (Fsp3) is 1.00. The largest absolute Gasteiger partial charge is 0.395 e. The predicted octanol–water partition coefficient (Wildman–Crippen LogP) is 0.0932. The molecule has 0 aliphatic rings. The van der Waals surface area contributed by atoms with Gasteiger partial charge in [-0.3, -0.25) is 15.2 Å². The lowest BCUT2D eigenvalue weighted by Crippen LogP contribution is -2.57. The molecule has 5 N–H and O–H groups in total. The van der Waals surface area contributed by atoms with E-state index in [1.165, 1.54) is 0 Å². The third kappa shape index (κ3) is 6.31. The van der Waals surface area contributed by atoms with Gasteiger partial charge in [-0.2, -0.15) is 5.06 Å². The minimum absolute atomic E-state index is 0.0961. The zero-order valence-corrected chi connectivity index (χ0v) is 15.0. The smallest absolute Gasteiger partial charge is 0.250 e. The van der Waals surface area contributed by atoms with Crippen LogP contribution in [0, 0.1) is 5.41 Å². The molecule has 0 heterocycles. The van der Waals surface area contributed by atoms with Gasteiger partial charge < -0.3 is 19.6 Å². The average Bonchev–Trinajstić information content (AvgIpc) is 2.53. The first-order valence-corrected chi connectivity index (χ1v) is 8.96. The fourth-order valence-corrected chi connectivity index (χ4v) is 2.59. The number of nitrogens with two attached hydrogens (primary N) is 1. The molecule has 0 saturated carbocycles. The monoisotopic (exact) mass is 341 g/mol. The van der Waals surface area contributed by atoms with Crippen LogP contribution in [0.25, 0.3) is 0 Å². The van der Waals surface area contributed by atoms with Gasteiger partial charge in [0.1, 0.15) is 6.23 Å². The predicted molar refractivity (Wildman–Crippen MR) is 86.6 cm³/mol. The molecular formula is C13H32N3O5P. The molecule has 0 bridgehead atoms. The first kappa shape index (κ1) is 22.1. The number of aliphatic hydroxyl groups excluding tert-OH is 2. The van der Waals surface area contributed by atoms with Crippen molar-refractivity contribution in [3.05, 3.63) is 0 Å². The Morgan fingerprint density at radius 2 is 1.55 bits per heavy atom. The number of aliphatic hydroxyl groups is 2. The van der Waals surface area contributed by atoms with E-state index in [2.05, 4.69) is 0 Å². The zero-order chi connectivity index (χ0) is 17.2. The highest BCUT2D eigenvalue weighted by atomic mass is 31.2. The molecule has 0 saturated heterocycles. The van der Waals surface area contributed by atoms with Crippen LogP contribution < -0.4 is 5.50 Å². The Hall–Kier alpha value is 0.110. The average molecular weight is 341 g/mol. The van der Waals surface area contributed by atoms with Crippen molar-refractivity contribution in [2.45, 2.75) is 33.9 Å². The van der Waals surface area contributed by atoms with Crippen LogP contribution >= 0.6 is 8.53 Å². The van der Waals surface area contributed by atoms with Crippen LogP contribution in [-0.4, -0.2) is 77.3 Å². The van der Waals surface area contributed by atoms with Crippen LogP contribution in [0.3, 0.4) is 0 Å². The van der Waals surface area contributed by atoms with Crippen LogP contribution in [0.2, 0.25) is 0 Å². The molecule has 0 fully saturated rings. The molecule has 2 unspecified atom stereocenters. The van der Waals surface area contributed by atoms with E-state index in [1.54, 1.807) is 5.06 Å². The van der Waals surface area contributed by atoms with Gasteiger partial charge in [-0.25, -0.2) is 0 Å². The first-order valence-electron chi connectivity index (χ1n) is 7.68. The molecule has 0 amide bonds. The van der Waals surface area contributed by atoms with Gasteiger partial charge in [0.05, 0.1) is 25.2 Å². The van der Waals surface area contributed by atoms with E-state index in [0.717, 1.165) is 0 Å². The van der Waals surface area contributed by atoms with Crippen molar-refractivity contribution < 1.29 is 24.5 Å². The molecule has 0 spiro atoms. The van der Waals surface area contributed by atoms with Crippen molar-refractivity contribution in [2.24, 2.45) is 10.9 Å². The third-order valence-corrected chi connectivity index (χ3v) is 4.13. The van der Waals surface area contributed by atoms with Gasteiger partial charge >= 0.3 is 0 Å². The molecule has 0 aliphatic carbocycles. The molecule has 2 atom stereocenters. The Balaban J connectivity index is 5.42. The Labute approximate surface area is 134 Å². The highest BCUT2D eigenvalue weighted by Gasteiger charge is 2.44. The van der Waals surface area contributed by atoms with Crippen molar-refractivity contribution in [2.75, 3.05) is 46.0 Å². The maximum Gasteiger partial charge on any atom is 0.250 e. The van der Waals surface area contributed by atoms with Crippen molar-refractivity contribution in [1.82, 2.24) is 9.96 Å². The summed E-state index contributed by atoms with van der Waals surface area (Å²) >= 11 is 0. The molecule has 0 aromatic carbocycles. The first-order chi connectivity index (χ1) is 10.4. The molecule has 9 heteroatoms. The van der Waals surface area contributed by atoms with Gasteiger partial charge in [-0.05, 0) is 13.1 Å². The molecule has 0 aromatic heterocycles. The molecule has 22 heavy (non-hydrogen) atoms. The summed E-state index contributed by atoms with van der Waals surface area (Å²) in [4.78, 5) is 17.2. The van der Waals surface area contributed by atoms with Gasteiger partial charge in [0.25, 0.3) is 0 Å². The van der Waals surface area contributed by atoms with E-state index in [1.807, 2.05) is 32.6 Å². The van der Waals surface area contributed by atoms with E-state index < -0.39 is 20.2 Å². The fourth-order valence-electron chi connectivity index (χ4n) is 2.20. The van der Waals surface area contributed by atoms with Crippen molar-refractivity contribution in [3.8, 4) is 0 Å². The summed E-state index contributed by atoms with van der Waals surface area (Å²) in [6, 6.07) is 0. The number of hydrogen-bond donors (Lipinski definition) is 4. The maximum absolute atomic E-state index is 9.88. The summed E-state index contributed by atoms with van der Waals surface area (Å²) in [7, 11) is -2.07. The summed E-state index contributed by atoms with van der Waals surface area (Å²) in [6.45, 7) is 9.79. The molecule has 8 nitrogen and oxygen atoms in total. The second kappa shape index (κ2) is 11.6. The summed E-state index contributed by atoms with van der Waals surface area (Å²) in [5.41, 5.74) is 4.19. The molecule has 0 aromatic rings. The summed E-state index contributed by atoms with van der Waals surface area (Å²) in [6.07, 6.45) is -0.590.